The minimum absolute atomic E-state index is 0.167. The molecular weight excluding hydrogens is 526 g/mol. The van der Waals surface area contributed by atoms with Crippen molar-refractivity contribution in [3.63, 3.8) is 0 Å². The first-order chi connectivity index (χ1) is 19.9. The lowest BCUT2D eigenvalue weighted by atomic mass is 10.1. The van der Waals surface area contributed by atoms with Gasteiger partial charge in [0.05, 0.1) is 24.7 Å². The number of esters is 1. The van der Waals surface area contributed by atoms with Crippen molar-refractivity contribution >= 4 is 16.9 Å². The maximum absolute atomic E-state index is 13.4. The lowest BCUT2D eigenvalue weighted by Crippen LogP contribution is -2.23. The Bertz CT molecular complexity index is 1970. The molecule has 204 valence electrons. The molecule has 11 nitrogen and oxygen atoms in total. The molecule has 3 aromatic carbocycles. The largest absolute Gasteiger partial charge is 0.465 e. The first-order valence-electron chi connectivity index (χ1n) is 12.6. The number of pyridine rings is 1. The van der Waals surface area contributed by atoms with Gasteiger partial charge in [0, 0.05) is 42.5 Å². The van der Waals surface area contributed by atoms with Crippen LogP contribution in [-0.4, -0.2) is 37.9 Å². The average Bonchev–Trinajstić information content (AvgIpc) is 3.62. The number of aromatic nitrogens is 5. The quantitative estimate of drug-likeness (QED) is 0.240. The van der Waals surface area contributed by atoms with Gasteiger partial charge in [0.25, 0.3) is 5.56 Å². The van der Waals surface area contributed by atoms with Gasteiger partial charge in [-0.3, -0.25) is 4.79 Å². The highest BCUT2D eigenvalue weighted by Gasteiger charge is 2.17. The predicted molar refractivity (Wildman–Crippen MR) is 148 cm³/mol. The van der Waals surface area contributed by atoms with Crippen molar-refractivity contribution < 1.29 is 23.3 Å². The maximum atomic E-state index is 13.4. The van der Waals surface area contributed by atoms with E-state index in [0.717, 1.165) is 16.7 Å². The van der Waals surface area contributed by atoms with Crippen molar-refractivity contribution in [1.29, 1.82) is 0 Å². The summed E-state index contributed by atoms with van der Waals surface area (Å²) in [6.45, 7) is 3.66. The number of ether oxygens (including phenoxy) is 2. The van der Waals surface area contributed by atoms with Gasteiger partial charge in [-0.25, -0.2) is 4.79 Å². The van der Waals surface area contributed by atoms with E-state index in [1.165, 1.54) is 13.2 Å². The van der Waals surface area contributed by atoms with E-state index in [2.05, 4.69) is 20.3 Å². The number of aryl methyl sites for hydroxylation is 2. The van der Waals surface area contributed by atoms with Gasteiger partial charge in [0.2, 0.25) is 23.4 Å². The average molecular weight is 550 g/mol. The summed E-state index contributed by atoms with van der Waals surface area (Å²) >= 11 is 0. The molecule has 3 heterocycles. The smallest absolute Gasteiger partial charge is 0.338 e. The Balaban J connectivity index is 1.41. The Labute approximate surface area is 233 Å². The van der Waals surface area contributed by atoms with Crippen molar-refractivity contribution in [1.82, 2.24) is 24.8 Å². The summed E-state index contributed by atoms with van der Waals surface area (Å²) in [5.74, 6) is 2.20. The summed E-state index contributed by atoms with van der Waals surface area (Å²) in [5, 5.41) is 8.49. The third-order valence-electron chi connectivity index (χ3n) is 6.40. The molecule has 0 aliphatic heterocycles. The molecule has 0 aliphatic rings. The molecule has 0 bridgehead atoms. The molecule has 0 saturated carbocycles. The Hall–Kier alpha value is -5.58. The maximum Gasteiger partial charge on any atom is 0.338 e. The molecule has 0 N–H and O–H groups in total. The molecule has 0 spiro atoms. The summed E-state index contributed by atoms with van der Waals surface area (Å²) < 4.78 is 22.9. The van der Waals surface area contributed by atoms with Crippen molar-refractivity contribution in [3.05, 3.63) is 106 Å². The van der Waals surface area contributed by atoms with Crippen LogP contribution in [0.5, 0.6) is 11.5 Å². The van der Waals surface area contributed by atoms with Gasteiger partial charge in [-0.15, -0.1) is 0 Å². The highest BCUT2D eigenvalue weighted by Crippen LogP contribution is 2.30. The van der Waals surface area contributed by atoms with E-state index in [9.17, 15) is 9.59 Å². The Morgan fingerprint density at radius 3 is 2.15 bits per heavy atom. The van der Waals surface area contributed by atoms with Crippen LogP contribution in [0, 0.1) is 13.8 Å². The Morgan fingerprint density at radius 2 is 1.49 bits per heavy atom. The van der Waals surface area contributed by atoms with Crippen molar-refractivity contribution in [3.8, 4) is 34.3 Å². The van der Waals surface area contributed by atoms with Crippen LogP contribution in [0.25, 0.3) is 33.7 Å². The van der Waals surface area contributed by atoms with Crippen LogP contribution in [0.4, 0.5) is 0 Å². The SMILES string of the molecule is COC(=O)c1cc(=O)n(Cc2cccc(-c3noc(C)n3)c2)c2cc(Oc3cccc(-c4noc(C)n4)c3)ccc12. The number of methoxy groups -OCH3 is 1. The summed E-state index contributed by atoms with van der Waals surface area (Å²) in [4.78, 5) is 34.5. The number of carbonyl (C=O) groups excluding carboxylic acids is 1. The van der Waals surface area contributed by atoms with Crippen LogP contribution in [0.1, 0.15) is 27.7 Å². The lowest BCUT2D eigenvalue weighted by Gasteiger charge is -2.15. The highest BCUT2D eigenvalue weighted by atomic mass is 16.5. The molecule has 6 aromatic rings. The molecule has 0 amide bonds. The van der Waals surface area contributed by atoms with Gasteiger partial charge in [0.15, 0.2) is 0 Å². The molecule has 0 radical (unpaired) electrons. The zero-order chi connectivity index (χ0) is 28.5. The first kappa shape index (κ1) is 25.7. The van der Waals surface area contributed by atoms with Crippen molar-refractivity contribution in [2.75, 3.05) is 7.11 Å². The van der Waals surface area contributed by atoms with E-state index in [1.54, 1.807) is 48.7 Å². The van der Waals surface area contributed by atoms with Gasteiger partial charge in [0.1, 0.15) is 11.5 Å². The molecule has 0 atom stereocenters. The molecule has 0 unspecified atom stereocenters. The van der Waals surface area contributed by atoms with E-state index in [-0.39, 0.29) is 17.7 Å². The third kappa shape index (κ3) is 5.20. The van der Waals surface area contributed by atoms with Crippen LogP contribution in [0.3, 0.4) is 0 Å². The van der Waals surface area contributed by atoms with Gasteiger partial charge < -0.3 is 23.1 Å². The fraction of sp³-hybridized carbons (Fsp3) is 0.133. The Morgan fingerprint density at radius 1 is 0.829 bits per heavy atom. The standard InChI is InChI=1S/C30H23N5O6/c1-17-31-28(33-40-17)20-7-4-6-19(12-20)16-35-26-14-23(10-11-24(26)25(15-27(35)36)30(37)38-3)39-22-9-5-8-21(13-22)29-32-18(2)41-34-29/h4-15H,16H2,1-3H3. The number of hydrogen-bond donors (Lipinski definition) is 0. The van der Waals surface area contributed by atoms with Crippen LogP contribution in [0.15, 0.2) is 86.6 Å². The van der Waals surface area contributed by atoms with E-state index in [1.807, 2.05) is 36.4 Å². The monoisotopic (exact) mass is 549 g/mol. The third-order valence-corrected chi connectivity index (χ3v) is 6.40. The number of rotatable bonds is 7. The fourth-order valence-corrected chi connectivity index (χ4v) is 4.52. The number of carbonyl (C=O) groups is 1. The number of nitrogens with zero attached hydrogens (tertiary/aromatic N) is 5. The lowest BCUT2D eigenvalue weighted by molar-refractivity contribution is 0.0602. The van der Waals surface area contributed by atoms with E-state index < -0.39 is 5.97 Å². The fourth-order valence-electron chi connectivity index (χ4n) is 4.52. The summed E-state index contributed by atoms with van der Waals surface area (Å²) in [6, 6.07) is 21.2. The molecule has 0 saturated heterocycles. The topological polar surface area (TPSA) is 135 Å². The first-order valence-corrected chi connectivity index (χ1v) is 12.6. The molecule has 0 fully saturated rings. The van der Waals surface area contributed by atoms with E-state index in [4.69, 9.17) is 18.5 Å². The van der Waals surface area contributed by atoms with Crippen LogP contribution in [0.2, 0.25) is 0 Å². The van der Waals surface area contributed by atoms with Crippen molar-refractivity contribution in [2.45, 2.75) is 20.4 Å². The van der Waals surface area contributed by atoms with Gasteiger partial charge in [-0.05, 0) is 35.9 Å². The van der Waals surface area contributed by atoms with E-state index in [0.29, 0.717) is 45.8 Å². The Kier molecular flexibility index (Phi) is 6.60. The summed E-state index contributed by atoms with van der Waals surface area (Å²) in [7, 11) is 1.28. The second kappa shape index (κ2) is 10.5. The zero-order valence-corrected chi connectivity index (χ0v) is 22.3. The molecule has 41 heavy (non-hydrogen) atoms. The molecule has 11 heteroatoms. The van der Waals surface area contributed by atoms with Crippen LogP contribution >= 0.6 is 0 Å². The molecule has 3 aromatic heterocycles. The zero-order valence-electron chi connectivity index (χ0n) is 22.3. The summed E-state index contributed by atoms with van der Waals surface area (Å²) in [5.41, 5.74) is 2.60. The summed E-state index contributed by atoms with van der Waals surface area (Å²) in [6.07, 6.45) is 0. The molecule has 0 aliphatic carbocycles. The number of benzene rings is 3. The van der Waals surface area contributed by atoms with Crippen LogP contribution in [-0.2, 0) is 11.3 Å². The number of fused-ring (bicyclic) bond motifs is 1. The van der Waals surface area contributed by atoms with Crippen molar-refractivity contribution in [2.24, 2.45) is 0 Å². The second-order valence-corrected chi connectivity index (χ2v) is 9.26. The molecule has 6 rings (SSSR count). The molecular formula is C30H23N5O6. The number of hydrogen-bond acceptors (Lipinski definition) is 10. The van der Waals surface area contributed by atoms with Gasteiger partial charge in [-0.2, -0.15) is 9.97 Å². The second-order valence-electron chi connectivity index (χ2n) is 9.26. The highest BCUT2D eigenvalue weighted by molar-refractivity contribution is 6.03. The normalized spacial score (nSPS) is 11.1. The van der Waals surface area contributed by atoms with Gasteiger partial charge in [-0.1, -0.05) is 40.6 Å². The minimum Gasteiger partial charge on any atom is -0.465 e. The predicted octanol–water partition coefficient (Wildman–Crippen LogP) is 5.35. The minimum atomic E-state index is -0.606. The van der Waals surface area contributed by atoms with Gasteiger partial charge >= 0.3 is 5.97 Å². The van der Waals surface area contributed by atoms with E-state index >= 15 is 0 Å². The van der Waals surface area contributed by atoms with Crippen LogP contribution < -0.4 is 10.3 Å².